The molecule has 0 unspecified atom stereocenters. The van der Waals surface area contributed by atoms with E-state index in [-0.39, 0.29) is 0 Å². The highest BCUT2D eigenvalue weighted by atomic mass is 32.1. The minimum Gasteiger partial charge on any atom is -0.481 e. The second kappa shape index (κ2) is 5.90. The summed E-state index contributed by atoms with van der Waals surface area (Å²) in [6.07, 6.45) is 7.59. The lowest BCUT2D eigenvalue weighted by Crippen LogP contribution is -2.29. The van der Waals surface area contributed by atoms with Crippen LogP contribution < -0.4 is 5.32 Å². The van der Waals surface area contributed by atoms with Crippen molar-refractivity contribution >= 4 is 22.4 Å². The van der Waals surface area contributed by atoms with Crippen LogP contribution in [0.15, 0.2) is 5.38 Å². The number of thiazole rings is 1. The number of carboxylic acids is 1. The summed E-state index contributed by atoms with van der Waals surface area (Å²) in [5, 5.41) is 15.4. The van der Waals surface area contributed by atoms with E-state index in [4.69, 9.17) is 0 Å². The van der Waals surface area contributed by atoms with Crippen LogP contribution in [0.3, 0.4) is 0 Å². The van der Waals surface area contributed by atoms with Crippen molar-refractivity contribution < 1.29 is 9.90 Å². The topological polar surface area (TPSA) is 62.2 Å². The first-order valence-corrected chi connectivity index (χ1v) is 7.84. The number of nitrogens with one attached hydrogen (secondary N) is 1. The second-order valence-electron chi connectivity index (χ2n) is 5.80. The van der Waals surface area contributed by atoms with Gasteiger partial charge >= 0.3 is 5.97 Å². The molecular formula is C14H22N2O2S. The molecule has 19 heavy (non-hydrogen) atoms. The van der Waals surface area contributed by atoms with Gasteiger partial charge in [0.05, 0.1) is 5.69 Å². The van der Waals surface area contributed by atoms with Crippen LogP contribution in [-0.4, -0.2) is 22.1 Å². The lowest BCUT2D eigenvalue weighted by Gasteiger charge is -2.17. The van der Waals surface area contributed by atoms with E-state index in [1.54, 1.807) is 13.8 Å². The van der Waals surface area contributed by atoms with E-state index in [0.717, 1.165) is 5.13 Å². The summed E-state index contributed by atoms with van der Waals surface area (Å²) in [4.78, 5) is 15.7. The maximum atomic E-state index is 11.2. The van der Waals surface area contributed by atoms with Gasteiger partial charge in [0.1, 0.15) is 5.41 Å². The molecule has 1 aliphatic rings. The monoisotopic (exact) mass is 282 g/mol. The molecule has 0 spiro atoms. The van der Waals surface area contributed by atoms with Gasteiger partial charge in [0.25, 0.3) is 0 Å². The molecular weight excluding hydrogens is 260 g/mol. The number of carboxylic acid groups (broad SMARTS) is 1. The summed E-state index contributed by atoms with van der Waals surface area (Å²) < 4.78 is 0. The Morgan fingerprint density at radius 2 is 2.00 bits per heavy atom. The predicted molar refractivity (Wildman–Crippen MR) is 77.9 cm³/mol. The molecule has 1 aliphatic carbocycles. The van der Waals surface area contributed by atoms with Crippen LogP contribution in [0.4, 0.5) is 5.13 Å². The van der Waals surface area contributed by atoms with E-state index in [0.29, 0.717) is 11.7 Å². The van der Waals surface area contributed by atoms with E-state index in [2.05, 4.69) is 10.3 Å². The molecule has 4 nitrogen and oxygen atoms in total. The third-order valence-corrected chi connectivity index (χ3v) is 4.64. The van der Waals surface area contributed by atoms with E-state index >= 15 is 0 Å². The molecule has 0 amide bonds. The van der Waals surface area contributed by atoms with Crippen LogP contribution in [-0.2, 0) is 10.2 Å². The highest BCUT2D eigenvalue weighted by Gasteiger charge is 2.32. The smallest absolute Gasteiger partial charge is 0.315 e. The lowest BCUT2D eigenvalue weighted by molar-refractivity contribution is -0.142. The van der Waals surface area contributed by atoms with Crippen LogP contribution in [0.5, 0.6) is 0 Å². The van der Waals surface area contributed by atoms with E-state index in [1.807, 2.05) is 5.38 Å². The summed E-state index contributed by atoms with van der Waals surface area (Å²) in [6, 6.07) is 0.495. The summed E-state index contributed by atoms with van der Waals surface area (Å²) in [5.41, 5.74) is -0.277. The average Bonchev–Trinajstić information content (AvgIpc) is 2.67. The maximum Gasteiger partial charge on any atom is 0.315 e. The van der Waals surface area contributed by atoms with E-state index < -0.39 is 11.4 Å². The largest absolute Gasteiger partial charge is 0.481 e. The maximum absolute atomic E-state index is 11.2. The number of carbonyl (C=O) groups is 1. The molecule has 1 aromatic rings. The van der Waals surface area contributed by atoms with Gasteiger partial charge in [-0.25, -0.2) is 4.98 Å². The van der Waals surface area contributed by atoms with Gasteiger partial charge in [-0.3, -0.25) is 4.79 Å². The molecule has 2 N–H and O–H groups in total. The number of aliphatic carboxylic acids is 1. The number of nitrogens with zero attached hydrogens (tertiary/aromatic N) is 1. The summed E-state index contributed by atoms with van der Waals surface area (Å²) in [7, 11) is 0. The van der Waals surface area contributed by atoms with Crippen LogP contribution in [0.25, 0.3) is 0 Å². The Balaban J connectivity index is 2.02. The summed E-state index contributed by atoms with van der Waals surface area (Å²) in [6.45, 7) is 3.39. The van der Waals surface area contributed by atoms with Gasteiger partial charge in [-0.2, -0.15) is 0 Å². The molecule has 106 valence electrons. The normalized spacial score (nSPS) is 18.0. The Kier molecular flexibility index (Phi) is 4.45. The van der Waals surface area contributed by atoms with Crippen molar-refractivity contribution in [2.75, 3.05) is 5.32 Å². The van der Waals surface area contributed by atoms with Crippen LogP contribution in [0.2, 0.25) is 0 Å². The molecule has 0 aromatic carbocycles. The van der Waals surface area contributed by atoms with Gasteiger partial charge in [-0.05, 0) is 26.7 Å². The molecule has 0 bridgehead atoms. The molecule has 5 heteroatoms. The lowest BCUT2D eigenvalue weighted by atomic mass is 9.90. The van der Waals surface area contributed by atoms with Gasteiger partial charge in [0.2, 0.25) is 0 Å². The Bertz CT molecular complexity index is 434. The first kappa shape index (κ1) is 14.3. The van der Waals surface area contributed by atoms with Gasteiger partial charge < -0.3 is 10.4 Å². The molecule has 1 aromatic heterocycles. The van der Waals surface area contributed by atoms with Gasteiger partial charge in [0.15, 0.2) is 5.13 Å². The Labute approximate surface area is 118 Å². The van der Waals surface area contributed by atoms with Crippen LogP contribution in [0, 0.1) is 0 Å². The van der Waals surface area contributed by atoms with Gasteiger partial charge in [-0.15, -0.1) is 11.3 Å². The average molecular weight is 282 g/mol. The summed E-state index contributed by atoms with van der Waals surface area (Å²) in [5.74, 6) is -0.834. The van der Waals surface area contributed by atoms with E-state index in [1.165, 1.54) is 49.9 Å². The molecule has 0 radical (unpaired) electrons. The fourth-order valence-corrected chi connectivity index (χ4v) is 3.29. The van der Waals surface area contributed by atoms with Crippen molar-refractivity contribution in [3.63, 3.8) is 0 Å². The van der Waals surface area contributed by atoms with E-state index in [9.17, 15) is 9.90 Å². The molecule has 0 saturated heterocycles. The van der Waals surface area contributed by atoms with Crippen molar-refractivity contribution in [3.05, 3.63) is 11.1 Å². The molecule has 1 fully saturated rings. The number of anilines is 1. The number of hydrogen-bond acceptors (Lipinski definition) is 4. The number of hydrogen-bond donors (Lipinski definition) is 2. The highest BCUT2D eigenvalue weighted by molar-refractivity contribution is 7.13. The Morgan fingerprint density at radius 1 is 1.37 bits per heavy atom. The zero-order valence-corrected chi connectivity index (χ0v) is 12.4. The predicted octanol–water partition coefficient (Wildman–Crippen LogP) is 3.64. The first-order valence-electron chi connectivity index (χ1n) is 6.96. The zero-order valence-electron chi connectivity index (χ0n) is 11.6. The zero-order chi connectivity index (χ0) is 13.9. The highest BCUT2D eigenvalue weighted by Crippen LogP contribution is 2.29. The minimum atomic E-state index is -0.917. The van der Waals surface area contributed by atoms with Gasteiger partial charge in [0, 0.05) is 11.4 Å². The second-order valence-corrected chi connectivity index (χ2v) is 6.66. The van der Waals surface area contributed by atoms with Crippen molar-refractivity contribution in [2.45, 2.75) is 63.8 Å². The Morgan fingerprint density at radius 3 is 2.58 bits per heavy atom. The van der Waals surface area contributed by atoms with Gasteiger partial charge in [-0.1, -0.05) is 25.7 Å². The molecule has 0 aliphatic heterocycles. The SMILES string of the molecule is CC(C)(C(=O)O)c1csc(NC2CCCCCC2)n1. The van der Waals surface area contributed by atoms with Crippen molar-refractivity contribution in [3.8, 4) is 0 Å². The van der Waals surface area contributed by atoms with Crippen molar-refractivity contribution in [1.29, 1.82) is 0 Å². The first-order chi connectivity index (χ1) is 9.00. The van der Waals surface area contributed by atoms with Crippen molar-refractivity contribution in [2.24, 2.45) is 0 Å². The molecule has 1 saturated carbocycles. The quantitative estimate of drug-likeness (QED) is 0.828. The third kappa shape index (κ3) is 3.47. The van der Waals surface area contributed by atoms with Crippen LogP contribution in [0.1, 0.15) is 58.1 Å². The molecule has 1 heterocycles. The fraction of sp³-hybridized carbons (Fsp3) is 0.714. The minimum absolute atomic E-state index is 0.495. The molecule has 2 rings (SSSR count). The number of rotatable bonds is 4. The third-order valence-electron chi connectivity index (χ3n) is 3.86. The molecule has 0 atom stereocenters. The fourth-order valence-electron chi connectivity index (χ4n) is 2.33. The summed E-state index contributed by atoms with van der Waals surface area (Å²) >= 11 is 1.51. The van der Waals surface area contributed by atoms with Crippen molar-refractivity contribution in [1.82, 2.24) is 4.98 Å². The van der Waals surface area contributed by atoms with Crippen LogP contribution >= 0.6 is 11.3 Å². The Hall–Kier alpha value is -1.10. The number of aromatic nitrogens is 1. The standard InChI is InChI=1S/C14H22N2O2S/c1-14(2,12(17)18)11-9-19-13(16-11)15-10-7-5-3-4-6-8-10/h9-10H,3-8H2,1-2H3,(H,15,16)(H,17,18).